The number of aliphatic hydroxyl groups excluding tert-OH is 1. The molecule has 0 spiro atoms. The van der Waals surface area contributed by atoms with Crippen molar-refractivity contribution in [3.63, 3.8) is 0 Å². The fraction of sp³-hybridized carbons (Fsp3) is 0.385. The van der Waals surface area contributed by atoms with Crippen LogP contribution in [0.1, 0.15) is 27.1 Å². The zero-order valence-corrected chi connectivity index (χ0v) is 10.1. The minimum Gasteiger partial charge on any atom is -0.396 e. The Morgan fingerprint density at radius 3 is 2.22 bits per heavy atom. The number of hydrogen-bond acceptors (Lipinski definition) is 4. The predicted molar refractivity (Wildman–Crippen MR) is 64.3 cm³/mol. The van der Waals surface area contributed by atoms with Crippen LogP contribution in [0.4, 0.5) is 0 Å². The van der Waals surface area contributed by atoms with Gasteiger partial charge in [0, 0.05) is 13.7 Å². The van der Waals surface area contributed by atoms with Crippen molar-refractivity contribution in [1.82, 2.24) is 4.90 Å². The maximum atomic E-state index is 12.2. The summed E-state index contributed by atoms with van der Waals surface area (Å²) in [6.45, 7) is 0.132. The molecule has 5 nitrogen and oxygen atoms in total. The number of fused-ring (bicyclic) bond motifs is 1. The van der Waals surface area contributed by atoms with Crippen molar-refractivity contribution in [2.45, 2.75) is 12.5 Å². The van der Waals surface area contributed by atoms with Gasteiger partial charge in [-0.1, -0.05) is 12.1 Å². The fourth-order valence-electron chi connectivity index (χ4n) is 2.17. The number of benzene rings is 1. The quantitative estimate of drug-likeness (QED) is 0.779. The SMILES string of the molecule is COCC(CCO)N1C(=O)c2ccccc2C1=O. The van der Waals surface area contributed by atoms with E-state index >= 15 is 0 Å². The highest BCUT2D eigenvalue weighted by Gasteiger charge is 2.39. The van der Waals surface area contributed by atoms with Crippen LogP contribution in [0.25, 0.3) is 0 Å². The number of imide groups is 1. The molecule has 2 amide bonds. The van der Waals surface area contributed by atoms with E-state index in [4.69, 9.17) is 9.84 Å². The lowest BCUT2D eigenvalue weighted by Gasteiger charge is -2.24. The van der Waals surface area contributed by atoms with Gasteiger partial charge in [0.2, 0.25) is 0 Å². The second-order valence-electron chi connectivity index (χ2n) is 4.15. The molecular weight excluding hydrogens is 234 g/mol. The molecule has 0 bridgehead atoms. The van der Waals surface area contributed by atoms with E-state index in [1.165, 1.54) is 12.0 Å². The molecule has 1 aromatic rings. The molecule has 96 valence electrons. The Hall–Kier alpha value is -1.72. The van der Waals surface area contributed by atoms with Gasteiger partial charge in [-0.2, -0.15) is 0 Å². The number of hydrogen-bond donors (Lipinski definition) is 1. The lowest BCUT2D eigenvalue weighted by Crippen LogP contribution is -2.43. The van der Waals surface area contributed by atoms with Crippen molar-refractivity contribution < 1.29 is 19.4 Å². The van der Waals surface area contributed by atoms with Crippen molar-refractivity contribution in [2.24, 2.45) is 0 Å². The van der Waals surface area contributed by atoms with Crippen molar-refractivity contribution >= 4 is 11.8 Å². The van der Waals surface area contributed by atoms with Crippen molar-refractivity contribution in [2.75, 3.05) is 20.3 Å². The summed E-state index contributed by atoms with van der Waals surface area (Å²) in [5, 5.41) is 9.01. The van der Waals surface area contributed by atoms with Gasteiger partial charge >= 0.3 is 0 Å². The van der Waals surface area contributed by atoms with Crippen LogP contribution >= 0.6 is 0 Å². The first-order valence-corrected chi connectivity index (χ1v) is 5.77. The third kappa shape index (κ3) is 2.02. The Morgan fingerprint density at radius 2 is 1.78 bits per heavy atom. The number of carbonyl (C=O) groups excluding carboxylic acids is 2. The number of nitrogens with zero attached hydrogens (tertiary/aromatic N) is 1. The number of carbonyl (C=O) groups is 2. The monoisotopic (exact) mass is 249 g/mol. The molecule has 2 rings (SSSR count). The highest BCUT2D eigenvalue weighted by molar-refractivity contribution is 6.21. The zero-order chi connectivity index (χ0) is 13.1. The molecule has 0 fully saturated rings. The topological polar surface area (TPSA) is 66.8 Å². The van der Waals surface area contributed by atoms with Crippen molar-refractivity contribution in [3.05, 3.63) is 35.4 Å². The molecule has 1 aliphatic heterocycles. The Bertz CT molecular complexity index is 431. The molecule has 1 aromatic carbocycles. The van der Waals surface area contributed by atoms with Crippen LogP contribution in [0.5, 0.6) is 0 Å². The molecule has 1 N–H and O–H groups in total. The molecule has 1 unspecified atom stereocenters. The smallest absolute Gasteiger partial charge is 0.261 e. The third-order valence-corrected chi connectivity index (χ3v) is 3.01. The predicted octanol–water partition coefficient (Wildman–Crippen LogP) is 0.680. The molecule has 1 heterocycles. The van der Waals surface area contributed by atoms with E-state index in [-0.39, 0.29) is 25.0 Å². The van der Waals surface area contributed by atoms with E-state index in [0.29, 0.717) is 17.5 Å². The van der Waals surface area contributed by atoms with E-state index in [0.717, 1.165) is 0 Å². The Labute approximate surface area is 105 Å². The minimum absolute atomic E-state index is 0.0958. The van der Waals surface area contributed by atoms with E-state index in [2.05, 4.69) is 0 Å². The summed E-state index contributed by atoms with van der Waals surface area (Å²) in [6, 6.07) is 6.30. The molecule has 0 saturated heterocycles. The number of ether oxygens (including phenoxy) is 1. The lowest BCUT2D eigenvalue weighted by atomic mass is 10.1. The van der Waals surface area contributed by atoms with Crippen LogP contribution in [0, 0.1) is 0 Å². The maximum Gasteiger partial charge on any atom is 0.261 e. The molecule has 5 heteroatoms. The maximum absolute atomic E-state index is 12.2. The lowest BCUT2D eigenvalue weighted by molar-refractivity contribution is 0.0431. The van der Waals surface area contributed by atoms with Crippen LogP contribution < -0.4 is 0 Å². The second kappa shape index (κ2) is 5.29. The molecule has 1 aliphatic rings. The number of methoxy groups -OCH3 is 1. The summed E-state index contributed by atoms with van der Waals surface area (Å²) in [7, 11) is 1.50. The van der Waals surface area contributed by atoms with Gasteiger partial charge in [-0.25, -0.2) is 0 Å². The summed E-state index contributed by atoms with van der Waals surface area (Å²) in [5.74, 6) is -0.628. The van der Waals surface area contributed by atoms with E-state index < -0.39 is 6.04 Å². The van der Waals surface area contributed by atoms with E-state index in [1.807, 2.05) is 0 Å². The van der Waals surface area contributed by atoms with Crippen LogP contribution in [-0.4, -0.2) is 48.2 Å². The standard InChI is InChI=1S/C13H15NO4/c1-18-8-9(6-7-15)14-12(16)10-4-2-3-5-11(10)13(14)17/h2-5,9,15H,6-8H2,1H3. The normalized spacial score (nSPS) is 16.0. The first-order chi connectivity index (χ1) is 8.70. The molecule has 0 radical (unpaired) electrons. The van der Waals surface area contributed by atoms with Crippen LogP contribution in [-0.2, 0) is 4.74 Å². The van der Waals surface area contributed by atoms with Crippen LogP contribution in [0.2, 0.25) is 0 Å². The van der Waals surface area contributed by atoms with Gasteiger partial charge in [0.15, 0.2) is 0 Å². The fourth-order valence-corrected chi connectivity index (χ4v) is 2.17. The van der Waals surface area contributed by atoms with Crippen LogP contribution in [0.3, 0.4) is 0 Å². The number of rotatable bonds is 5. The summed E-state index contributed by atoms with van der Waals surface area (Å²) in [5.41, 5.74) is 0.836. The second-order valence-corrected chi connectivity index (χ2v) is 4.15. The average molecular weight is 249 g/mol. The van der Waals surface area contributed by atoms with Crippen molar-refractivity contribution in [3.8, 4) is 0 Å². The van der Waals surface area contributed by atoms with Gasteiger partial charge < -0.3 is 9.84 Å². The highest BCUT2D eigenvalue weighted by Crippen LogP contribution is 2.25. The third-order valence-electron chi connectivity index (χ3n) is 3.01. The number of amides is 2. The molecule has 0 aromatic heterocycles. The summed E-state index contributed by atoms with van der Waals surface area (Å²) in [4.78, 5) is 25.5. The average Bonchev–Trinajstić information content (AvgIpc) is 2.63. The highest BCUT2D eigenvalue weighted by atomic mass is 16.5. The van der Waals surface area contributed by atoms with Crippen molar-refractivity contribution in [1.29, 1.82) is 0 Å². The van der Waals surface area contributed by atoms with E-state index in [9.17, 15) is 9.59 Å². The van der Waals surface area contributed by atoms with E-state index in [1.54, 1.807) is 24.3 Å². The number of aliphatic hydroxyl groups is 1. The first-order valence-electron chi connectivity index (χ1n) is 5.77. The summed E-state index contributed by atoms with van der Waals surface area (Å²) < 4.78 is 5.01. The molecule has 18 heavy (non-hydrogen) atoms. The Balaban J connectivity index is 2.31. The Kier molecular flexibility index (Phi) is 3.74. The minimum atomic E-state index is -0.424. The molecule has 1 atom stereocenters. The molecule has 0 saturated carbocycles. The zero-order valence-electron chi connectivity index (χ0n) is 10.1. The Morgan fingerprint density at radius 1 is 1.22 bits per heavy atom. The first kappa shape index (κ1) is 12.7. The largest absolute Gasteiger partial charge is 0.396 e. The van der Waals surface area contributed by atoms with Gasteiger partial charge in [-0.15, -0.1) is 0 Å². The summed E-state index contributed by atoms with van der Waals surface area (Å²) >= 11 is 0. The molecule has 0 aliphatic carbocycles. The van der Waals surface area contributed by atoms with Gasteiger partial charge in [0.1, 0.15) is 0 Å². The molecular formula is C13H15NO4. The van der Waals surface area contributed by atoms with Gasteiger partial charge in [-0.3, -0.25) is 14.5 Å². The summed E-state index contributed by atoms with van der Waals surface area (Å²) in [6.07, 6.45) is 0.319. The van der Waals surface area contributed by atoms with Gasteiger partial charge in [0.05, 0.1) is 23.8 Å². The van der Waals surface area contributed by atoms with Crippen LogP contribution in [0.15, 0.2) is 24.3 Å². The van der Waals surface area contributed by atoms with Gasteiger partial charge in [-0.05, 0) is 18.6 Å². The van der Waals surface area contributed by atoms with Gasteiger partial charge in [0.25, 0.3) is 11.8 Å².